The van der Waals surface area contributed by atoms with E-state index in [0.29, 0.717) is 5.69 Å². The summed E-state index contributed by atoms with van der Waals surface area (Å²) < 4.78 is 27.6. The van der Waals surface area contributed by atoms with Crippen LogP contribution < -0.4 is 9.62 Å². The molecule has 0 radical (unpaired) electrons. The molecule has 6 heteroatoms. The van der Waals surface area contributed by atoms with Gasteiger partial charge in [-0.1, -0.05) is 50.2 Å². The maximum atomic E-state index is 13.2. The van der Waals surface area contributed by atoms with Crippen molar-refractivity contribution >= 4 is 21.6 Å². The molecule has 0 saturated heterocycles. The predicted molar refractivity (Wildman–Crippen MR) is 105 cm³/mol. The van der Waals surface area contributed by atoms with Gasteiger partial charge in [0.15, 0.2) is 0 Å². The van der Waals surface area contributed by atoms with Gasteiger partial charge < -0.3 is 5.32 Å². The highest BCUT2D eigenvalue weighted by Crippen LogP contribution is 2.26. The molecule has 2 rings (SSSR count). The number of carbonyl (C=O) groups is 1. The van der Waals surface area contributed by atoms with Crippen molar-refractivity contribution in [3.05, 3.63) is 60.2 Å². The van der Waals surface area contributed by atoms with E-state index in [0.717, 1.165) is 18.4 Å². The predicted octanol–water partition coefficient (Wildman–Crippen LogP) is 3.50. The van der Waals surface area contributed by atoms with Crippen molar-refractivity contribution in [1.82, 2.24) is 5.32 Å². The van der Waals surface area contributed by atoms with Crippen LogP contribution in [-0.2, 0) is 14.8 Å². The standard InChI is InChI=1S/C20H26N2O3S/c1-4-17(5-2)21-20(23)15-22(19-14-10-9-11-16(19)3)26(24,25)18-12-7-6-8-13-18/h6-14,17H,4-5,15H2,1-3H3,(H,21,23). The Balaban J connectivity index is 2.41. The first-order chi connectivity index (χ1) is 12.4. The molecule has 1 amide bonds. The third kappa shape index (κ3) is 4.64. The first kappa shape index (κ1) is 20.0. The molecule has 26 heavy (non-hydrogen) atoms. The number of hydrogen-bond acceptors (Lipinski definition) is 3. The van der Waals surface area contributed by atoms with E-state index in [1.807, 2.05) is 32.9 Å². The van der Waals surface area contributed by atoms with Crippen molar-refractivity contribution in [3.63, 3.8) is 0 Å². The molecule has 0 unspecified atom stereocenters. The van der Waals surface area contributed by atoms with Gasteiger partial charge in [0, 0.05) is 6.04 Å². The van der Waals surface area contributed by atoms with Gasteiger partial charge in [0.25, 0.3) is 10.0 Å². The molecule has 0 bridgehead atoms. The Labute approximate surface area is 156 Å². The molecule has 0 aromatic heterocycles. The second-order valence-corrected chi connectivity index (χ2v) is 8.05. The van der Waals surface area contributed by atoms with Crippen LogP contribution >= 0.6 is 0 Å². The molecular weight excluding hydrogens is 348 g/mol. The van der Waals surface area contributed by atoms with E-state index in [1.54, 1.807) is 42.5 Å². The van der Waals surface area contributed by atoms with Crippen molar-refractivity contribution in [2.24, 2.45) is 0 Å². The maximum absolute atomic E-state index is 13.2. The van der Waals surface area contributed by atoms with E-state index in [1.165, 1.54) is 4.31 Å². The number of aryl methyl sites for hydroxylation is 1. The topological polar surface area (TPSA) is 66.5 Å². The summed E-state index contributed by atoms with van der Waals surface area (Å²) >= 11 is 0. The lowest BCUT2D eigenvalue weighted by molar-refractivity contribution is -0.120. The van der Waals surface area contributed by atoms with Gasteiger partial charge in [-0.25, -0.2) is 8.42 Å². The number of rotatable bonds is 8. The Bertz CT molecular complexity index is 831. The molecular formula is C20H26N2O3S. The zero-order chi connectivity index (χ0) is 19.2. The minimum atomic E-state index is -3.85. The van der Waals surface area contributed by atoms with Crippen molar-refractivity contribution in [3.8, 4) is 0 Å². The van der Waals surface area contributed by atoms with Crippen LogP contribution in [0.5, 0.6) is 0 Å². The number of nitrogens with zero attached hydrogens (tertiary/aromatic N) is 1. The monoisotopic (exact) mass is 374 g/mol. The number of sulfonamides is 1. The Kier molecular flexibility index (Phi) is 6.80. The largest absolute Gasteiger partial charge is 0.352 e. The Morgan fingerprint density at radius 2 is 1.58 bits per heavy atom. The average molecular weight is 375 g/mol. The SMILES string of the molecule is CCC(CC)NC(=O)CN(c1ccccc1C)S(=O)(=O)c1ccccc1. The van der Waals surface area contributed by atoms with Crippen molar-refractivity contribution in [1.29, 1.82) is 0 Å². The molecule has 2 aromatic carbocycles. The van der Waals surface area contributed by atoms with Crippen molar-refractivity contribution < 1.29 is 13.2 Å². The number of carbonyl (C=O) groups excluding carboxylic acids is 1. The molecule has 0 saturated carbocycles. The van der Waals surface area contributed by atoms with Crippen LogP contribution in [0, 0.1) is 6.92 Å². The highest BCUT2D eigenvalue weighted by molar-refractivity contribution is 7.92. The van der Waals surface area contributed by atoms with Crippen LogP contribution in [0.2, 0.25) is 0 Å². The fourth-order valence-electron chi connectivity index (χ4n) is 2.76. The van der Waals surface area contributed by atoms with E-state index in [-0.39, 0.29) is 23.4 Å². The summed E-state index contributed by atoms with van der Waals surface area (Å²) in [5.41, 5.74) is 1.30. The lowest BCUT2D eigenvalue weighted by Gasteiger charge is -2.26. The van der Waals surface area contributed by atoms with Crippen LogP contribution in [0.25, 0.3) is 0 Å². The van der Waals surface area contributed by atoms with Crippen molar-refractivity contribution in [2.75, 3.05) is 10.8 Å². The molecule has 0 spiro atoms. The minimum absolute atomic E-state index is 0.0423. The fraction of sp³-hybridized carbons (Fsp3) is 0.350. The van der Waals surface area contributed by atoms with Crippen LogP contribution in [0.15, 0.2) is 59.5 Å². The zero-order valence-electron chi connectivity index (χ0n) is 15.5. The number of nitrogens with one attached hydrogen (secondary N) is 1. The van der Waals surface area contributed by atoms with Gasteiger partial charge in [-0.05, 0) is 43.5 Å². The minimum Gasteiger partial charge on any atom is -0.352 e. The zero-order valence-corrected chi connectivity index (χ0v) is 16.3. The van der Waals surface area contributed by atoms with Crippen LogP contribution in [0.4, 0.5) is 5.69 Å². The molecule has 0 aliphatic carbocycles. The van der Waals surface area contributed by atoms with E-state index in [2.05, 4.69) is 5.32 Å². The molecule has 0 atom stereocenters. The summed E-state index contributed by atoms with van der Waals surface area (Å²) in [4.78, 5) is 12.7. The number of benzene rings is 2. The van der Waals surface area contributed by atoms with Crippen LogP contribution in [0.3, 0.4) is 0 Å². The van der Waals surface area contributed by atoms with Gasteiger partial charge in [0.2, 0.25) is 5.91 Å². The summed E-state index contributed by atoms with van der Waals surface area (Å²) in [5, 5.41) is 2.91. The third-order valence-corrected chi connectivity index (χ3v) is 6.13. The molecule has 0 aliphatic heterocycles. The summed E-state index contributed by atoms with van der Waals surface area (Å²) in [5.74, 6) is -0.304. The van der Waals surface area contributed by atoms with E-state index in [9.17, 15) is 13.2 Å². The highest BCUT2D eigenvalue weighted by Gasteiger charge is 2.28. The number of anilines is 1. The molecule has 0 aliphatic rings. The lowest BCUT2D eigenvalue weighted by atomic mass is 10.2. The van der Waals surface area contributed by atoms with Gasteiger partial charge in [0.05, 0.1) is 10.6 Å². The van der Waals surface area contributed by atoms with Gasteiger partial charge in [-0.15, -0.1) is 0 Å². The third-order valence-electron chi connectivity index (χ3n) is 4.35. The smallest absolute Gasteiger partial charge is 0.264 e. The Morgan fingerprint density at radius 3 is 2.15 bits per heavy atom. The Hall–Kier alpha value is -2.34. The molecule has 0 fully saturated rings. The van der Waals surface area contributed by atoms with Gasteiger partial charge >= 0.3 is 0 Å². The second-order valence-electron chi connectivity index (χ2n) is 6.19. The molecule has 5 nitrogen and oxygen atoms in total. The maximum Gasteiger partial charge on any atom is 0.264 e. The molecule has 0 heterocycles. The van der Waals surface area contributed by atoms with E-state index < -0.39 is 10.0 Å². The van der Waals surface area contributed by atoms with Gasteiger partial charge in [-0.3, -0.25) is 9.10 Å². The second kappa shape index (κ2) is 8.85. The first-order valence-corrected chi connectivity index (χ1v) is 10.3. The number of amides is 1. The van der Waals surface area contributed by atoms with Crippen molar-refractivity contribution in [2.45, 2.75) is 44.6 Å². The number of para-hydroxylation sites is 1. The van der Waals surface area contributed by atoms with Gasteiger partial charge in [0.1, 0.15) is 6.54 Å². The van der Waals surface area contributed by atoms with E-state index in [4.69, 9.17) is 0 Å². The van der Waals surface area contributed by atoms with Crippen LogP contribution in [0.1, 0.15) is 32.3 Å². The summed E-state index contributed by atoms with van der Waals surface area (Å²) in [6, 6.07) is 15.4. The van der Waals surface area contributed by atoms with Gasteiger partial charge in [-0.2, -0.15) is 0 Å². The normalized spacial score (nSPS) is 11.4. The molecule has 2 aromatic rings. The number of hydrogen-bond donors (Lipinski definition) is 1. The van der Waals surface area contributed by atoms with E-state index >= 15 is 0 Å². The molecule has 1 N–H and O–H groups in total. The summed E-state index contributed by atoms with van der Waals surface area (Å²) in [6.07, 6.45) is 1.61. The molecule has 140 valence electrons. The summed E-state index contributed by atoms with van der Waals surface area (Å²) in [6.45, 7) is 5.57. The quantitative estimate of drug-likeness (QED) is 0.769. The Morgan fingerprint density at radius 1 is 1.00 bits per heavy atom. The summed E-state index contributed by atoms with van der Waals surface area (Å²) in [7, 11) is -3.85. The fourth-order valence-corrected chi connectivity index (χ4v) is 4.27. The lowest BCUT2D eigenvalue weighted by Crippen LogP contribution is -2.44. The highest BCUT2D eigenvalue weighted by atomic mass is 32.2. The van der Waals surface area contributed by atoms with Crippen LogP contribution in [-0.4, -0.2) is 26.9 Å². The average Bonchev–Trinajstić information content (AvgIpc) is 2.65. The first-order valence-electron chi connectivity index (χ1n) is 8.82.